The van der Waals surface area contributed by atoms with E-state index in [1.165, 1.54) is 6.07 Å². The largest absolute Gasteiger partial charge is 0.481 e. The number of carboxylic acids is 1. The summed E-state index contributed by atoms with van der Waals surface area (Å²) in [5.41, 5.74) is 0.600. The molecule has 3 nitrogen and oxygen atoms in total. The standard InChI is InChI=1S/C12H13BrFNO2/c1-7(15-5-8(6-15)12(16)17)10-4-9(13)2-3-11(10)14/h2-4,7-8H,5-6H2,1H3,(H,16,17). The molecule has 1 unspecified atom stereocenters. The maximum atomic E-state index is 13.6. The molecule has 2 rings (SSSR count). The molecule has 17 heavy (non-hydrogen) atoms. The molecule has 0 saturated carbocycles. The van der Waals surface area contributed by atoms with Crippen molar-refractivity contribution in [1.29, 1.82) is 0 Å². The van der Waals surface area contributed by atoms with Gasteiger partial charge in [0.2, 0.25) is 0 Å². The first-order chi connectivity index (χ1) is 7.99. The topological polar surface area (TPSA) is 40.5 Å². The van der Waals surface area contributed by atoms with Gasteiger partial charge in [-0.05, 0) is 25.1 Å². The van der Waals surface area contributed by atoms with Gasteiger partial charge in [-0.15, -0.1) is 0 Å². The van der Waals surface area contributed by atoms with Gasteiger partial charge in [0.05, 0.1) is 5.92 Å². The van der Waals surface area contributed by atoms with Crippen LogP contribution < -0.4 is 0 Å². The third kappa shape index (κ3) is 2.50. The first-order valence-corrected chi connectivity index (χ1v) is 6.20. The Hall–Kier alpha value is -0.940. The SMILES string of the molecule is CC(c1cc(Br)ccc1F)N1CC(C(=O)O)C1. The molecule has 1 aromatic rings. The van der Waals surface area contributed by atoms with Crippen molar-refractivity contribution in [2.24, 2.45) is 5.92 Å². The number of benzene rings is 1. The van der Waals surface area contributed by atoms with Crippen molar-refractivity contribution >= 4 is 21.9 Å². The number of carboxylic acid groups (broad SMARTS) is 1. The van der Waals surface area contributed by atoms with Crippen molar-refractivity contribution in [2.75, 3.05) is 13.1 Å². The van der Waals surface area contributed by atoms with Crippen LogP contribution in [-0.4, -0.2) is 29.1 Å². The quantitative estimate of drug-likeness (QED) is 0.933. The highest BCUT2D eigenvalue weighted by Gasteiger charge is 2.36. The Balaban J connectivity index is 2.08. The molecule has 1 heterocycles. The molecule has 1 fully saturated rings. The highest BCUT2D eigenvalue weighted by Crippen LogP contribution is 2.31. The van der Waals surface area contributed by atoms with Crippen LogP contribution >= 0.6 is 15.9 Å². The van der Waals surface area contributed by atoms with E-state index in [9.17, 15) is 9.18 Å². The minimum Gasteiger partial charge on any atom is -0.481 e. The second-order valence-electron chi connectivity index (χ2n) is 4.33. The summed E-state index contributed by atoms with van der Waals surface area (Å²) in [6.07, 6.45) is 0. The third-order valence-electron chi connectivity index (χ3n) is 3.21. The minimum absolute atomic E-state index is 0.0944. The molecule has 0 radical (unpaired) electrons. The molecule has 0 spiro atoms. The van der Waals surface area contributed by atoms with Crippen LogP contribution in [0.25, 0.3) is 0 Å². The number of hydrogen-bond acceptors (Lipinski definition) is 2. The summed E-state index contributed by atoms with van der Waals surface area (Å²) >= 11 is 3.31. The van der Waals surface area contributed by atoms with E-state index < -0.39 is 5.97 Å². The van der Waals surface area contributed by atoms with Crippen molar-refractivity contribution < 1.29 is 14.3 Å². The second kappa shape index (κ2) is 4.74. The van der Waals surface area contributed by atoms with Crippen molar-refractivity contribution in [3.8, 4) is 0 Å². The van der Waals surface area contributed by atoms with Crippen LogP contribution in [0.3, 0.4) is 0 Å². The van der Waals surface area contributed by atoms with Crippen molar-refractivity contribution in [3.63, 3.8) is 0 Å². The molecule has 0 aliphatic carbocycles. The summed E-state index contributed by atoms with van der Waals surface area (Å²) in [4.78, 5) is 12.7. The first kappa shape index (κ1) is 12.5. The third-order valence-corrected chi connectivity index (χ3v) is 3.71. The maximum Gasteiger partial charge on any atom is 0.309 e. The van der Waals surface area contributed by atoms with Crippen molar-refractivity contribution in [1.82, 2.24) is 4.90 Å². The number of likely N-dealkylation sites (tertiary alicyclic amines) is 1. The zero-order valence-corrected chi connectivity index (χ0v) is 10.9. The number of nitrogens with zero attached hydrogens (tertiary/aromatic N) is 1. The normalized spacial score (nSPS) is 18.8. The lowest BCUT2D eigenvalue weighted by molar-refractivity contribution is -0.148. The van der Waals surface area contributed by atoms with E-state index in [0.29, 0.717) is 18.7 Å². The lowest BCUT2D eigenvalue weighted by Crippen LogP contribution is -2.51. The summed E-state index contributed by atoms with van der Waals surface area (Å²) in [6.45, 7) is 2.87. The highest BCUT2D eigenvalue weighted by molar-refractivity contribution is 9.10. The molecule has 92 valence electrons. The van der Waals surface area contributed by atoms with Crippen LogP contribution in [0, 0.1) is 11.7 Å². The van der Waals surface area contributed by atoms with Crippen LogP contribution in [0.4, 0.5) is 4.39 Å². The van der Waals surface area contributed by atoms with Gasteiger partial charge in [0.25, 0.3) is 0 Å². The molecular formula is C12H13BrFNO2. The Morgan fingerprint density at radius 2 is 2.24 bits per heavy atom. The summed E-state index contributed by atoms with van der Waals surface area (Å²) in [7, 11) is 0. The van der Waals surface area contributed by atoms with Gasteiger partial charge in [-0.2, -0.15) is 0 Å². The van der Waals surface area contributed by atoms with E-state index in [4.69, 9.17) is 5.11 Å². The molecule has 1 aliphatic heterocycles. The second-order valence-corrected chi connectivity index (χ2v) is 5.25. The maximum absolute atomic E-state index is 13.6. The molecule has 5 heteroatoms. The molecule has 1 aromatic carbocycles. The van der Waals surface area contributed by atoms with Gasteiger partial charge >= 0.3 is 5.97 Å². The predicted octanol–water partition coefficient (Wildman–Crippen LogP) is 2.67. The Bertz CT molecular complexity index is 446. The van der Waals surface area contributed by atoms with Crippen molar-refractivity contribution in [2.45, 2.75) is 13.0 Å². The number of carbonyl (C=O) groups is 1. The van der Waals surface area contributed by atoms with Crippen LogP contribution in [0.5, 0.6) is 0 Å². The summed E-state index contributed by atoms with van der Waals surface area (Å²) in [6, 6.07) is 4.73. The summed E-state index contributed by atoms with van der Waals surface area (Å²) in [5.74, 6) is -1.34. The van der Waals surface area contributed by atoms with Gasteiger partial charge in [-0.25, -0.2) is 4.39 Å². The fourth-order valence-corrected chi connectivity index (χ4v) is 2.40. The van der Waals surface area contributed by atoms with E-state index in [-0.39, 0.29) is 17.8 Å². The Morgan fingerprint density at radius 1 is 1.59 bits per heavy atom. The average Bonchev–Trinajstić information content (AvgIpc) is 2.18. The van der Waals surface area contributed by atoms with E-state index in [2.05, 4.69) is 15.9 Å². The number of hydrogen-bond donors (Lipinski definition) is 1. The predicted molar refractivity (Wildman–Crippen MR) is 65.2 cm³/mol. The molecule has 0 bridgehead atoms. The number of aliphatic carboxylic acids is 1. The molecular weight excluding hydrogens is 289 g/mol. The first-order valence-electron chi connectivity index (χ1n) is 5.41. The van der Waals surface area contributed by atoms with Crippen LogP contribution in [0.15, 0.2) is 22.7 Å². The lowest BCUT2D eigenvalue weighted by Gasteiger charge is -2.41. The zero-order valence-electron chi connectivity index (χ0n) is 9.36. The molecule has 1 saturated heterocycles. The summed E-state index contributed by atoms with van der Waals surface area (Å²) < 4.78 is 14.5. The Morgan fingerprint density at radius 3 is 2.82 bits per heavy atom. The molecule has 1 atom stereocenters. The van der Waals surface area contributed by atoms with Gasteiger partial charge in [-0.1, -0.05) is 15.9 Å². The zero-order chi connectivity index (χ0) is 12.6. The summed E-state index contributed by atoms with van der Waals surface area (Å²) in [5, 5.41) is 8.79. The smallest absolute Gasteiger partial charge is 0.309 e. The van der Waals surface area contributed by atoms with E-state index in [1.807, 2.05) is 11.8 Å². The highest BCUT2D eigenvalue weighted by atomic mass is 79.9. The molecule has 1 N–H and O–H groups in total. The van der Waals surface area contributed by atoms with E-state index in [1.54, 1.807) is 12.1 Å². The lowest BCUT2D eigenvalue weighted by atomic mass is 9.95. The number of rotatable bonds is 3. The van der Waals surface area contributed by atoms with Crippen LogP contribution in [0.1, 0.15) is 18.5 Å². The Kier molecular flexibility index (Phi) is 3.49. The van der Waals surface area contributed by atoms with Crippen molar-refractivity contribution in [3.05, 3.63) is 34.1 Å². The molecule has 1 aliphatic rings. The fourth-order valence-electron chi connectivity index (χ4n) is 2.02. The van der Waals surface area contributed by atoms with Gasteiger partial charge in [0.15, 0.2) is 0 Å². The van der Waals surface area contributed by atoms with Crippen LogP contribution in [-0.2, 0) is 4.79 Å². The van der Waals surface area contributed by atoms with Gasteiger partial charge in [0.1, 0.15) is 5.82 Å². The average molecular weight is 302 g/mol. The van der Waals surface area contributed by atoms with E-state index in [0.717, 1.165) is 4.47 Å². The van der Waals surface area contributed by atoms with Crippen LogP contribution in [0.2, 0.25) is 0 Å². The van der Waals surface area contributed by atoms with Gasteiger partial charge in [0, 0.05) is 29.2 Å². The minimum atomic E-state index is -0.775. The van der Waals surface area contributed by atoms with Gasteiger partial charge < -0.3 is 5.11 Å². The molecule has 0 amide bonds. The fraction of sp³-hybridized carbons (Fsp3) is 0.417. The monoisotopic (exact) mass is 301 g/mol. The Labute approximate surface area is 107 Å². The van der Waals surface area contributed by atoms with E-state index >= 15 is 0 Å². The molecule has 0 aromatic heterocycles. The number of halogens is 2. The van der Waals surface area contributed by atoms with Gasteiger partial charge in [-0.3, -0.25) is 9.69 Å².